The molecule has 1 aromatic carbocycles. The number of fused-ring (bicyclic) bond motifs is 1. The quantitative estimate of drug-likeness (QED) is 0.919. The van der Waals surface area contributed by atoms with Crippen molar-refractivity contribution in [1.82, 2.24) is 25.0 Å². The van der Waals surface area contributed by atoms with Gasteiger partial charge in [-0.3, -0.25) is 4.90 Å². The van der Waals surface area contributed by atoms with Gasteiger partial charge in [0.15, 0.2) is 0 Å². The van der Waals surface area contributed by atoms with Gasteiger partial charge in [0.25, 0.3) is 0 Å². The second-order valence-electron chi connectivity index (χ2n) is 6.12. The second-order valence-corrected chi connectivity index (χ2v) is 6.56. The minimum atomic E-state index is 0.787. The minimum absolute atomic E-state index is 0.787. The van der Waals surface area contributed by atoms with Crippen molar-refractivity contribution in [3.63, 3.8) is 0 Å². The van der Waals surface area contributed by atoms with Gasteiger partial charge in [0.05, 0.1) is 13.1 Å². The molecule has 3 heterocycles. The fraction of sp³-hybridized carbons (Fsp3) is 0.500. The molecular formula is C16H21ClN6. The molecule has 4 rings (SSSR count). The summed E-state index contributed by atoms with van der Waals surface area (Å²) in [6, 6.07) is 6.25. The van der Waals surface area contributed by atoms with Crippen LogP contribution < -0.4 is 10.2 Å². The largest absolute Gasteiger partial charge is 0.362 e. The first-order valence-electron chi connectivity index (χ1n) is 8.13. The summed E-state index contributed by atoms with van der Waals surface area (Å²) in [6.45, 7) is 7.88. The van der Waals surface area contributed by atoms with E-state index >= 15 is 0 Å². The summed E-state index contributed by atoms with van der Waals surface area (Å²) in [7, 11) is 0. The molecule has 1 N–H and O–H groups in total. The van der Waals surface area contributed by atoms with Crippen molar-refractivity contribution >= 4 is 17.3 Å². The predicted molar refractivity (Wildman–Crippen MR) is 90.7 cm³/mol. The van der Waals surface area contributed by atoms with E-state index in [1.165, 1.54) is 11.3 Å². The van der Waals surface area contributed by atoms with E-state index < -0.39 is 0 Å². The standard InChI is InChI=1S/C16H21ClN6/c17-14-2-1-13(10-21-5-3-18-4-6-21)15(9-14)22-7-8-23-16(11-22)19-12-20-23/h1-2,9,12,18H,3-8,10-11H2. The van der Waals surface area contributed by atoms with Gasteiger partial charge in [-0.15, -0.1) is 0 Å². The molecule has 0 unspecified atom stereocenters. The lowest BCUT2D eigenvalue weighted by molar-refractivity contribution is 0.233. The fourth-order valence-electron chi connectivity index (χ4n) is 3.34. The molecule has 0 radical (unpaired) electrons. The van der Waals surface area contributed by atoms with Crippen LogP contribution in [0.15, 0.2) is 24.5 Å². The van der Waals surface area contributed by atoms with Gasteiger partial charge in [0.2, 0.25) is 0 Å². The lowest BCUT2D eigenvalue weighted by Crippen LogP contribution is -2.43. The Morgan fingerprint density at radius 3 is 2.87 bits per heavy atom. The molecule has 2 aliphatic heterocycles. The summed E-state index contributed by atoms with van der Waals surface area (Å²) >= 11 is 6.27. The highest BCUT2D eigenvalue weighted by atomic mass is 35.5. The van der Waals surface area contributed by atoms with Crippen LogP contribution in [0.25, 0.3) is 0 Å². The van der Waals surface area contributed by atoms with Crippen LogP contribution in [-0.2, 0) is 19.6 Å². The first kappa shape index (κ1) is 14.9. The first-order chi connectivity index (χ1) is 11.3. The maximum atomic E-state index is 6.27. The zero-order chi connectivity index (χ0) is 15.6. The molecule has 0 saturated carbocycles. The Morgan fingerprint density at radius 2 is 2.00 bits per heavy atom. The second kappa shape index (κ2) is 6.47. The number of hydrogen-bond donors (Lipinski definition) is 1. The summed E-state index contributed by atoms with van der Waals surface area (Å²) in [6.07, 6.45) is 1.64. The molecule has 1 saturated heterocycles. The van der Waals surface area contributed by atoms with Gasteiger partial charge >= 0.3 is 0 Å². The lowest BCUT2D eigenvalue weighted by atomic mass is 10.1. The van der Waals surface area contributed by atoms with Gasteiger partial charge in [-0.25, -0.2) is 9.67 Å². The Bertz CT molecular complexity index is 679. The van der Waals surface area contributed by atoms with E-state index in [1.54, 1.807) is 6.33 Å². The molecule has 6 nitrogen and oxygen atoms in total. The highest BCUT2D eigenvalue weighted by Gasteiger charge is 2.21. The molecule has 2 aromatic rings. The SMILES string of the molecule is Clc1ccc(CN2CCNCC2)c(N2CCn3ncnc3C2)c1. The highest BCUT2D eigenvalue weighted by molar-refractivity contribution is 6.30. The number of piperazine rings is 1. The molecule has 7 heteroatoms. The molecule has 1 fully saturated rings. The molecule has 0 aliphatic carbocycles. The number of benzene rings is 1. The van der Waals surface area contributed by atoms with E-state index in [-0.39, 0.29) is 0 Å². The van der Waals surface area contributed by atoms with E-state index in [0.717, 1.165) is 63.2 Å². The van der Waals surface area contributed by atoms with E-state index in [9.17, 15) is 0 Å². The fourth-order valence-corrected chi connectivity index (χ4v) is 3.51. The summed E-state index contributed by atoms with van der Waals surface area (Å²) < 4.78 is 1.98. The van der Waals surface area contributed by atoms with Crippen LogP contribution in [0.3, 0.4) is 0 Å². The van der Waals surface area contributed by atoms with Crippen LogP contribution in [0.1, 0.15) is 11.4 Å². The average molecular weight is 333 g/mol. The number of rotatable bonds is 3. The average Bonchev–Trinajstić information content (AvgIpc) is 3.05. The van der Waals surface area contributed by atoms with Gasteiger partial charge in [-0.1, -0.05) is 17.7 Å². The molecule has 0 atom stereocenters. The van der Waals surface area contributed by atoms with Gasteiger partial charge in [-0.05, 0) is 17.7 Å². The van der Waals surface area contributed by atoms with Gasteiger partial charge in [0.1, 0.15) is 12.2 Å². The van der Waals surface area contributed by atoms with Crippen LogP contribution in [0.5, 0.6) is 0 Å². The monoisotopic (exact) mass is 332 g/mol. The van der Waals surface area contributed by atoms with Crippen LogP contribution >= 0.6 is 11.6 Å². The molecule has 1 aromatic heterocycles. The van der Waals surface area contributed by atoms with E-state index in [4.69, 9.17) is 11.6 Å². The van der Waals surface area contributed by atoms with Crippen molar-refractivity contribution in [3.8, 4) is 0 Å². The number of nitrogens with zero attached hydrogens (tertiary/aromatic N) is 5. The Morgan fingerprint density at radius 1 is 1.13 bits per heavy atom. The summed E-state index contributed by atoms with van der Waals surface area (Å²) in [5, 5.41) is 8.45. The number of aromatic nitrogens is 3. The maximum absolute atomic E-state index is 6.27. The topological polar surface area (TPSA) is 49.2 Å². The number of halogens is 1. The van der Waals surface area contributed by atoms with Crippen LogP contribution in [0.4, 0.5) is 5.69 Å². The van der Waals surface area contributed by atoms with Crippen molar-refractivity contribution in [2.75, 3.05) is 37.6 Å². The third-order valence-corrected chi connectivity index (χ3v) is 4.84. The van der Waals surface area contributed by atoms with Gasteiger partial charge in [0, 0.05) is 50.0 Å². The van der Waals surface area contributed by atoms with Crippen molar-refractivity contribution < 1.29 is 0 Å². The number of nitrogens with one attached hydrogen (secondary N) is 1. The first-order valence-corrected chi connectivity index (χ1v) is 8.50. The smallest absolute Gasteiger partial charge is 0.146 e. The molecular weight excluding hydrogens is 312 g/mol. The third kappa shape index (κ3) is 3.20. The predicted octanol–water partition coefficient (Wildman–Crippen LogP) is 1.36. The number of hydrogen-bond acceptors (Lipinski definition) is 5. The minimum Gasteiger partial charge on any atom is -0.362 e. The van der Waals surface area contributed by atoms with Crippen molar-refractivity contribution in [2.24, 2.45) is 0 Å². The molecule has 0 amide bonds. The highest BCUT2D eigenvalue weighted by Crippen LogP contribution is 2.28. The van der Waals surface area contributed by atoms with Crippen LogP contribution in [-0.4, -0.2) is 52.4 Å². The van der Waals surface area contributed by atoms with Crippen LogP contribution in [0.2, 0.25) is 5.02 Å². The summed E-state index contributed by atoms with van der Waals surface area (Å²) in [5.74, 6) is 1.02. The third-order valence-electron chi connectivity index (χ3n) is 4.60. The van der Waals surface area contributed by atoms with Crippen molar-refractivity contribution in [3.05, 3.63) is 40.9 Å². The molecule has 2 aliphatic rings. The Labute approximate surface area is 141 Å². The molecule has 0 bridgehead atoms. The van der Waals surface area contributed by atoms with E-state index in [2.05, 4.69) is 37.3 Å². The zero-order valence-corrected chi connectivity index (χ0v) is 13.8. The van der Waals surface area contributed by atoms with Gasteiger partial charge < -0.3 is 10.2 Å². The summed E-state index contributed by atoms with van der Waals surface area (Å²) in [4.78, 5) is 9.22. The van der Waals surface area contributed by atoms with Crippen LogP contribution in [0, 0.1) is 0 Å². The van der Waals surface area contributed by atoms with E-state index in [1.807, 2.05) is 10.7 Å². The molecule has 122 valence electrons. The van der Waals surface area contributed by atoms with Crippen molar-refractivity contribution in [2.45, 2.75) is 19.6 Å². The molecule has 23 heavy (non-hydrogen) atoms. The normalized spacial score (nSPS) is 18.9. The number of anilines is 1. The Kier molecular flexibility index (Phi) is 4.20. The zero-order valence-electron chi connectivity index (χ0n) is 13.1. The van der Waals surface area contributed by atoms with Gasteiger partial charge in [-0.2, -0.15) is 5.10 Å². The summed E-state index contributed by atoms with van der Waals surface area (Å²) in [5.41, 5.74) is 2.56. The maximum Gasteiger partial charge on any atom is 0.146 e. The Hall–Kier alpha value is -1.63. The lowest BCUT2D eigenvalue weighted by Gasteiger charge is -2.33. The molecule has 0 spiro atoms. The van der Waals surface area contributed by atoms with E-state index in [0.29, 0.717) is 0 Å². The van der Waals surface area contributed by atoms with Crippen molar-refractivity contribution in [1.29, 1.82) is 0 Å². The Balaban J connectivity index is 1.58.